The Balaban J connectivity index is 1.48. The Morgan fingerprint density at radius 1 is 1.00 bits per heavy atom. The van der Waals surface area contributed by atoms with Gasteiger partial charge in [-0.25, -0.2) is 0 Å². The molecule has 136 valence electrons. The summed E-state index contributed by atoms with van der Waals surface area (Å²) < 4.78 is 0.904. The molecule has 2 aromatic rings. The molecule has 2 amide bonds. The van der Waals surface area contributed by atoms with Crippen molar-refractivity contribution in [2.24, 2.45) is 0 Å². The zero-order valence-electron chi connectivity index (χ0n) is 14.1. The number of carbonyl (C=O) groups excluding carboxylic acids is 2. The number of amides is 2. The van der Waals surface area contributed by atoms with Crippen molar-refractivity contribution in [2.45, 2.75) is 0 Å². The van der Waals surface area contributed by atoms with Gasteiger partial charge >= 0.3 is 0 Å². The summed E-state index contributed by atoms with van der Waals surface area (Å²) >= 11 is 9.57. The van der Waals surface area contributed by atoms with E-state index in [2.05, 4.69) is 26.1 Å². The molecule has 1 N–H and O–H groups in total. The lowest BCUT2D eigenvalue weighted by molar-refractivity contribution is -0.130. The van der Waals surface area contributed by atoms with Crippen molar-refractivity contribution < 1.29 is 9.59 Å². The highest BCUT2D eigenvalue weighted by molar-refractivity contribution is 9.10. The van der Waals surface area contributed by atoms with Gasteiger partial charge in [0.25, 0.3) is 5.91 Å². The van der Waals surface area contributed by atoms with Crippen LogP contribution < -0.4 is 10.2 Å². The lowest BCUT2D eigenvalue weighted by Gasteiger charge is -2.36. The van der Waals surface area contributed by atoms with Gasteiger partial charge in [0.05, 0.1) is 17.3 Å². The Kier molecular flexibility index (Phi) is 6.16. The number of benzene rings is 2. The average Bonchev–Trinajstić information content (AvgIpc) is 2.67. The molecule has 0 unspecified atom stereocenters. The number of carbonyl (C=O) groups is 2. The summed E-state index contributed by atoms with van der Waals surface area (Å²) in [5.74, 6) is -0.324. The standard InChI is InChI=1S/C19H19BrClN3O2/c20-15-7-5-14(6-8-15)19(26)22-13-18(25)24-11-9-23(10-12-24)17-4-2-1-3-16(17)21/h1-8H,9-13H2,(H,22,26). The largest absolute Gasteiger partial charge is 0.367 e. The molecule has 0 saturated carbocycles. The second kappa shape index (κ2) is 8.56. The van der Waals surface area contributed by atoms with E-state index in [1.165, 1.54) is 0 Å². The molecule has 0 radical (unpaired) electrons. The molecular weight excluding hydrogens is 418 g/mol. The highest BCUT2D eigenvalue weighted by Crippen LogP contribution is 2.25. The summed E-state index contributed by atoms with van der Waals surface area (Å²) in [4.78, 5) is 28.4. The van der Waals surface area contributed by atoms with Crippen molar-refractivity contribution in [2.75, 3.05) is 37.6 Å². The molecule has 0 aliphatic carbocycles. The van der Waals surface area contributed by atoms with E-state index in [4.69, 9.17) is 11.6 Å². The first-order valence-electron chi connectivity index (χ1n) is 8.35. The second-order valence-corrected chi connectivity index (χ2v) is 7.33. The zero-order chi connectivity index (χ0) is 18.5. The maximum Gasteiger partial charge on any atom is 0.251 e. The van der Waals surface area contributed by atoms with Gasteiger partial charge in [0.1, 0.15) is 0 Å². The molecule has 5 nitrogen and oxygen atoms in total. The minimum atomic E-state index is -0.249. The Bertz CT molecular complexity index is 790. The molecular formula is C19H19BrClN3O2. The van der Waals surface area contributed by atoms with Gasteiger partial charge in [0.2, 0.25) is 5.91 Å². The van der Waals surface area contributed by atoms with Gasteiger partial charge in [-0.05, 0) is 36.4 Å². The van der Waals surface area contributed by atoms with Gasteiger partial charge < -0.3 is 15.1 Å². The molecule has 0 aromatic heterocycles. The van der Waals surface area contributed by atoms with E-state index >= 15 is 0 Å². The third-order valence-electron chi connectivity index (χ3n) is 4.33. The minimum absolute atomic E-state index is 0.000983. The van der Waals surface area contributed by atoms with Gasteiger partial charge in [-0.1, -0.05) is 39.7 Å². The number of rotatable bonds is 4. The Morgan fingerprint density at radius 2 is 1.65 bits per heavy atom. The van der Waals surface area contributed by atoms with Crippen LogP contribution in [-0.2, 0) is 4.79 Å². The van der Waals surface area contributed by atoms with E-state index in [0.717, 1.165) is 23.2 Å². The van der Waals surface area contributed by atoms with Crippen LogP contribution >= 0.6 is 27.5 Å². The van der Waals surface area contributed by atoms with Crippen LogP contribution in [0.2, 0.25) is 5.02 Å². The Morgan fingerprint density at radius 3 is 2.31 bits per heavy atom. The number of nitrogens with one attached hydrogen (secondary N) is 1. The third kappa shape index (κ3) is 4.56. The SMILES string of the molecule is O=C(NCC(=O)N1CCN(c2ccccc2Cl)CC1)c1ccc(Br)cc1. The monoisotopic (exact) mass is 435 g/mol. The van der Waals surface area contributed by atoms with Gasteiger partial charge in [-0.2, -0.15) is 0 Å². The maximum atomic E-state index is 12.4. The molecule has 1 heterocycles. The summed E-state index contributed by atoms with van der Waals surface area (Å²) in [5, 5.41) is 3.40. The molecule has 7 heteroatoms. The van der Waals surface area contributed by atoms with Gasteiger partial charge in [0, 0.05) is 36.2 Å². The number of anilines is 1. The van der Waals surface area contributed by atoms with Gasteiger partial charge in [-0.15, -0.1) is 0 Å². The number of hydrogen-bond acceptors (Lipinski definition) is 3. The lowest BCUT2D eigenvalue weighted by atomic mass is 10.2. The number of hydrogen-bond donors (Lipinski definition) is 1. The van der Waals surface area contributed by atoms with E-state index in [0.29, 0.717) is 23.7 Å². The van der Waals surface area contributed by atoms with Crippen LogP contribution in [0.3, 0.4) is 0 Å². The summed E-state index contributed by atoms with van der Waals surface area (Å²) in [6.45, 7) is 2.66. The fourth-order valence-electron chi connectivity index (χ4n) is 2.88. The molecule has 1 aliphatic heterocycles. The fourth-order valence-corrected chi connectivity index (χ4v) is 3.40. The molecule has 0 spiro atoms. The van der Waals surface area contributed by atoms with Crippen LogP contribution in [0.4, 0.5) is 5.69 Å². The van der Waals surface area contributed by atoms with E-state index in [1.54, 1.807) is 29.2 Å². The summed E-state index contributed by atoms with van der Waals surface area (Å²) in [6.07, 6.45) is 0. The van der Waals surface area contributed by atoms with Crippen LogP contribution in [0, 0.1) is 0 Å². The third-order valence-corrected chi connectivity index (χ3v) is 5.18. The molecule has 0 atom stereocenters. The van der Waals surface area contributed by atoms with Crippen molar-refractivity contribution in [3.05, 3.63) is 63.6 Å². The van der Waals surface area contributed by atoms with E-state index in [9.17, 15) is 9.59 Å². The quantitative estimate of drug-likeness (QED) is 0.801. The van der Waals surface area contributed by atoms with Gasteiger partial charge in [-0.3, -0.25) is 9.59 Å². The highest BCUT2D eigenvalue weighted by atomic mass is 79.9. The summed E-state index contributed by atoms with van der Waals surface area (Å²) in [6, 6.07) is 14.7. The number of piperazine rings is 1. The lowest BCUT2D eigenvalue weighted by Crippen LogP contribution is -2.51. The van der Waals surface area contributed by atoms with Crippen molar-refractivity contribution in [3.63, 3.8) is 0 Å². The summed E-state index contributed by atoms with van der Waals surface area (Å²) in [7, 11) is 0. The molecule has 3 rings (SSSR count). The molecule has 1 fully saturated rings. The van der Waals surface area contributed by atoms with Crippen LogP contribution in [-0.4, -0.2) is 49.4 Å². The van der Waals surface area contributed by atoms with Crippen molar-refractivity contribution >= 4 is 45.0 Å². The highest BCUT2D eigenvalue weighted by Gasteiger charge is 2.22. The normalized spacial score (nSPS) is 14.2. The van der Waals surface area contributed by atoms with Crippen molar-refractivity contribution in [1.82, 2.24) is 10.2 Å². The van der Waals surface area contributed by atoms with E-state index in [1.807, 2.05) is 24.3 Å². The first kappa shape index (κ1) is 18.7. The first-order valence-corrected chi connectivity index (χ1v) is 9.53. The number of nitrogens with zero attached hydrogens (tertiary/aromatic N) is 2. The average molecular weight is 437 g/mol. The molecule has 26 heavy (non-hydrogen) atoms. The smallest absolute Gasteiger partial charge is 0.251 e. The second-order valence-electron chi connectivity index (χ2n) is 6.01. The zero-order valence-corrected chi connectivity index (χ0v) is 16.5. The van der Waals surface area contributed by atoms with E-state index in [-0.39, 0.29) is 18.4 Å². The topological polar surface area (TPSA) is 52.7 Å². The van der Waals surface area contributed by atoms with Gasteiger partial charge in [0.15, 0.2) is 0 Å². The fraction of sp³-hybridized carbons (Fsp3) is 0.263. The Labute approximate surface area is 166 Å². The summed E-state index contributed by atoms with van der Waals surface area (Å²) in [5.41, 5.74) is 1.52. The van der Waals surface area contributed by atoms with Crippen molar-refractivity contribution in [1.29, 1.82) is 0 Å². The number of halogens is 2. The van der Waals surface area contributed by atoms with Crippen LogP contribution in [0.5, 0.6) is 0 Å². The molecule has 1 aliphatic rings. The molecule has 0 bridgehead atoms. The predicted octanol–water partition coefficient (Wildman–Crippen LogP) is 3.18. The van der Waals surface area contributed by atoms with Crippen molar-refractivity contribution in [3.8, 4) is 0 Å². The molecule has 2 aromatic carbocycles. The maximum absolute atomic E-state index is 12.4. The Hall–Kier alpha value is -2.05. The first-order chi connectivity index (χ1) is 12.5. The van der Waals surface area contributed by atoms with Crippen LogP contribution in [0.25, 0.3) is 0 Å². The van der Waals surface area contributed by atoms with Crippen LogP contribution in [0.15, 0.2) is 53.0 Å². The van der Waals surface area contributed by atoms with Crippen LogP contribution in [0.1, 0.15) is 10.4 Å². The minimum Gasteiger partial charge on any atom is -0.367 e. The van der Waals surface area contributed by atoms with E-state index < -0.39 is 0 Å². The molecule has 1 saturated heterocycles. The predicted molar refractivity (Wildman–Crippen MR) is 107 cm³/mol. The number of para-hydroxylation sites is 1.